The monoisotopic (exact) mass is 311 g/mol. The van der Waals surface area contributed by atoms with Crippen LogP contribution in [0.2, 0.25) is 0 Å². The van der Waals surface area contributed by atoms with Crippen molar-refractivity contribution in [3.8, 4) is 0 Å². The second-order valence-electron chi connectivity index (χ2n) is 8.71. The van der Waals surface area contributed by atoms with Gasteiger partial charge in [-0.2, -0.15) is 0 Å². The van der Waals surface area contributed by atoms with Crippen LogP contribution in [0.15, 0.2) is 30.3 Å². The summed E-state index contributed by atoms with van der Waals surface area (Å²) in [5, 5.41) is 0. The van der Waals surface area contributed by atoms with Crippen LogP contribution in [-0.4, -0.2) is 16.8 Å². The molecule has 124 valence electrons. The maximum Gasteiger partial charge on any atom is 0.229 e. The van der Waals surface area contributed by atoms with Crippen LogP contribution in [0.3, 0.4) is 0 Å². The number of hydrogen-bond donors (Lipinski definition) is 0. The molecule has 23 heavy (non-hydrogen) atoms. The van der Waals surface area contributed by atoms with Crippen LogP contribution in [0.1, 0.15) is 57.9 Å². The van der Waals surface area contributed by atoms with Gasteiger partial charge in [-0.15, -0.1) is 0 Å². The molecule has 0 spiro atoms. The molecule has 0 saturated heterocycles. The van der Waals surface area contributed by atoms with E-state index in [0.29, 0.717) is 5.91 Å². The summed E-state index contributed by atoms with van der Waals surface area (Å²) >= 11 is 0. The molecule has 1 amide bonds. The molecule has 4 aliphatic rings. The first-order chi connectivity index (χ1) is 11.1. The van der Waals surface area contributed by atoms with Gasteiger partial charge >= 0.3 is 0 Å². The van der Waals surface area contributed by atoms with Gasteiger partial charge in [-0.1, -0.05) is 30.3 Å². The number of amides is 1. The molecule has 0 N–H and O–H groups in total. The van der Waals surface area contributed by atoms with Gasteiger partial charge in [0.15, 0.2) is 0 Å². The Bertz CT molecular complexity index is 541. The Morgan fingerprint density at radius 1 is 1.04 bits per heavy atom. The van der Waals surface area contributed by atoms with Crippen molar-refractivity contribution in [3.63, 3.8) is 0 Å². The summed E-state index contributed by atoms with van der Waals surface area (Å²) in [5.74, 6) is 2.94. The summed E-state index contributed by atoms with van der Waals surface area (Å²) < 4.78 is 0. The lowest BCUT2D eigenvalue weighted by Gasteiger charge is -2.57. The molecule has 4 saturated carbocycles. The number of rotatable bonds is 4. The van der Waals surface area contributed by atoms with Crippen molar-refractivity contribution >= 4 is 5.91 Å². The van der Waals surface area contributed by atoms with E-state index in [9.17, 15) is 4.79 Å². The highest BCUT2D eigenvalue weighted by molar-refractivity contribution is 5.83. The highest BCUT2D eigenvalue weighted by Crippen LogP contribution is 2.60. The lowest BCUT2D eigenvalue weighted by Crippen LogP contribution is -2.55. The molecule has 0 radical (unpaired) electrons. The molecule has 0 unspecified atom stereocenters. The highest BCUT2D eigenvalue weighted by atomic mass is 16.2. The summed E-state index contributed by atoms with van der Waals surface area (Å²) in [4.78, 5) is 15.7. The molecule has 2 nitrogen and oxygen atoms in total. The number of hydrogen-bond acceptors (Lipinski definition) is 1. The number of carbonyl (C=O) groups excluding carboxylic acids is 1. The van der Waals surface area contributed by atoms with Gasteiger partial charge in [0.2, 0.25) is 5.91 Å². The normalized spacial score (nSPS) is 34.8. The third-order valence-corrected chi connectivity index (χ3v) is 6.57. The van der Waals surface area contributed by atoms with E-state index >= 15 is 0 Å². The Kier molecular flexibility index (Phi) is 3.74. The van der Waals surface area contributed by atoms with E-state index in [4.69, 9.17) is 0 Å². The van der Waals surface area contributed by atoms with Gasteiger partial charge in [-0.05, 0) is 75.7 Å². The number of benzene rings is 1. The van der Waals surface area contributed by atoms with Gasteiger partial charge < -0.3 is 4.90 Å². The molecule has 1 aromatic carbocycles. The lowest BCUT2D eigenvalue weighted by molar-refractivity contribution is -0.160. The van der Waals surface area contributed by atoms with Crippen molar-refractivity contribution in [1.82, 2.24) is 4.90 Å². The van der Waals surface area contributed by atoms with E-state index in [-0.39, 0.29) is 11.5 Å². The van der Waals surface area contributed by atoms with E-state index in [2.05, 4.69) is 43.0 Å². The Labute approximate surface area is 140 Å². The van der Waals surface area contributed by atoms with Crippen molar-refractivity contribution < 1.29 is 4.79 Å². The van der Waals surface area contributed by atoms with Crippen LogP contribution in [-0.2, 0) is 11.3 Å². The van der Waals surface area contributed by atoms with Gasteiger partial charge in [-0.3, -0.25) is 4.79 Å². The quantitative estimate of drug-likeness (QED) is 0.793. The molecular weight excluding hydrogens is 282 g/mol. The molecule has 0 aliphatic heterocycles. The van der Waals surface area contributed by atoms with Gasteiger partial charge in [0, 0.05) is 12.6 Å². The summed E-state index contributed by atoms with van der Waals surface area (Å²) in [6.45, 7) is 5.10. The first-order valence-electron chi connectivity index (χ1n) is 9.41. The third kappa shape index (κ3) is 2.70. The maximum atomic E-state index is 13.6. The van der Waals surface area contributed by atoms with Crippen LogP contribution in [0.25, 0.3) is 0 Å². The lowest BCUT2D eigenvalue weighted by atomic mass is 9.49. The van der Waals surface area contributed by atoms with E-state index < -0.39 is 0 Å². The molecule has 5 rings (SSSR count). The van der Waals surface area contributed by atoms with Crippen molar-refractivity contribution in [2.24, 2.45) is 23.2 Å². The van der Waals surface area contributed by atoms with Gasteiger partial charge in [0.25, 0.3) is 0 Å². The van der Waals surface area contributed by atoms with Crippen LogP contribution in [0.5, 0.6) is 0 Å². The second kappa shape index (κ2) is 5.65. The van der Waals surface area contributed by atoms with Gasteiger partial charge in [0.1, 0.15) is 0 Å². The fourth-order valence-electron chi connectivity index (χ4n) is 5.95. The van der Waals surface area contributed by atoms with Gasteiger partial charge in [-0.25, -0.2) is 0 Å². The molecule has 0 atom stereocenters. The van der Waals surface area contributed by atoms with Crippen molar-refractivity contribution in [1.29, 1.82) is 0 Å². The summed E-state index contributed by atoms with van der Waals surface area (Å²) in [5.41, 5.74) is 1.23. The SMILES string of the molecule is CC(C)N(Cc1ccccc1)C(=O)C12CC3CC(CC(C3)C1)C2. The minimum atomic E-state index is -0.0200. The molecular formula is C21H29NO. The van der Waals surface area contributed by atoms with Crippen molar-refractivity contribution in [3.05, 3.63) is 35.9 Å². The molecule has 4 fully saturated rings. The minimum Gasteiger partial charge on any atom is -0.335 e. The van der Waals surface area contributed by atoms with E-state index in [1.54, 1.807) is 0 Å². The average molecular weight is 311 g/mol. The molecule has 1 aromatic rings. The number of nitrogens with zero attached hydrogens (tertiary/aromatic N) is 1. The molecule has 0 heterocycles. The largest absolute Gasteiger partial charge is 0.335 e. The zero-order valence-corrected chi connectivity index (χ0v) is 14.5. The summed E-state index contributed by atoms with van der Waals surface area (Å²) in [6, 6.07) is 10.7. The van der Waals surface area contributed by atoms with Crippen LogP contribution < -0.4 is 0 Å². The zero-order valence-electron chi connectivity index (χ0n) is 14.5. The second-order valence-corrected chi connectivity index (χ2v) is 8.71. The Morgan fingerprint density at radius 3 is 2.04 bits per heavy atom. The molecule has 4 bridgehead atoms. The summed E-state index contributed by atoms with van der Waals surface area (Å²) in [6.07, 6.45) is 7.67. The van der Waals surface area contributed by atoms with E-state index in [1.807, 2.05) is 6.07 Å². The highest BCUT2D eigenvalue weighted by Gasteiger charge is 2.55. The predicted molar refractivity (Wildman–Crippen MR) is 92.7 cm³/mol. The minimum absolute atomic E-state index is 0.0200. The Morgan fingerprint density at radius 2 is 1.57 bits per heavy atom. The zero-order chi connectivity index (χ0) is 16.0. The first-order valence-corrected chi connectivity index (χ1v) is 9.41. The summed E-state index contributed by atoms with van der Waals surface area (Å²) in [7, 11) is 0. The standard InChI is InChI=1S/C21H29NO/c1-15(2)22(14-16-6-4-3-5-7-16)20(23)21-11-17-8-18(12-21)10-19(9-17)13-21/h3-7,15,17-19H,8-14H2,1-2H3. The molecule has 4 aliphatic carbocycles. The van der Waals surface area contributed by atoms with E-state index in [1.165, 1.54) is 24.8 Å². The predicted octanol–water partition coefficient (Wildman–Crippen LogP) is 4.64. The van der Waals surface area contributed by atoms with Crippen LogP contribution in [0, 0.1) is 23.2 Å². The Balaban J connectivity index is 1.58. The molecule has 0 aromatic heterocycles. The number of carbonyl (C=O) groups is 1. The smallest absolute Gasteiger partial charge is 0.229 e. The first kappa shape index (κ1) is 15.2. The average Bonchev–Trinajstić information content (AvgIpc) is 2.51. The topological polar surface area (TPSA) is 20.3 Å². The van der Waals surface area contributed by atoms with Crippen LogP contribution >= 0.6 is 0 Å². The van der Waals surface area contributed by atoms with Crippen molar-refractivity contribution in [2.75, 3.05) is 0 Å². The molecule has 2 heteroatoms. The fourth-order valence-corrected chi connectivity index (χ4v) is 5.95. The van der Waals surface area contributed by atoms with Crippen LogP contribution in [0.4, 0.5) is 0 Å². The van der Waals surface area contributed by atoms with Crippen molar-refractivity contribution in [2.45, 2.75) is 65.0 Å². The van der Waals surface area contributed by atoms with E-state index in [0.717, 1.165) is 43.6 Å². The fraction of sp³-hybridized carbons (Fsp3) is 0.667. The maximum absolute atomic E-state index is 13.6. The van der Waals surface area contributed by atoms with Gasteiger partial charge in [0.05, 0.1) is 5.41 Å². The third-order valence-electron chi connectivity index (χ3n) is 6.57. The Hall–Kier alpha value is -1.31.